The zero-order valence-corrected chi connectivity index (χ0v) is 13.8. The van der Waals surface area contributed by atoms with Gasteiger partial charge >= 0.3 is 5.97 Å². The molecular weight excluding hydrogens is 344 g/mol. The van der Waals surface area contributed by atoms with E-state index in [0.29, 0.717) is 22.2 Å². The first-order valence-corrected chi connectivity index (χ1v) is 7.93. The van der Waals surface area contributed by atoms with E-state index in [2.05, 4.69) is 4.98 Å². The monoisotopic (exact) mass is 356 g/mol. The maximum Gasteiger partial charge on any atom is 0.331 e. The lowest BCUT2D eigenvalue weighted by molar-refractivity contribution is -0.139. The Kier molecular flexibility index (Phi) is 4.03. The number of hydrogen-bond donors (Lipinski definition) is 0. The molecule has 0 saturated heterocycles. The van der Waals surface area contributed by atoms with Gasteiger partial charge in [0.15, 0.2) is 11.5 Å². The average molecular weight is 357 g/mol. The van der Waals surface area contributed by atoms with Crippen molar-refractivity contribution in [2.45, 2.75) is 6.61 Å². The molecule has 0 fully saturated rings. The highest BCUT2D eigenvalue weighted by molar-refractivity contribution is 6.30. The molecule has 1 aliphatic rings. The number of halogens is 1. The van der Waals surface area contributed by atoms with Crippen LogP contribution in [0, 0.1) is 0 Å². The minimum absolute atomic E-state index is 0.0869. The van der Waals surface area contributed by atoms with E-state index in [1.165, 1.54) is 6.08 Å². The highest BCUT2D eigenvalue weighted by Crippen LogP contribution is 2.32. The molecule has 1 aromatic carbocycles. The zero-order valence-electron chi connectivity index (χ0n) is 13.0. The van der Waals surface area contributed by atoms with E-state index in [1.807, 2.05) is 6.07 Å². The lowest BCUT2D eigenvalue weighted by Crippen LogP contribution is -2.00. The number of aromatic nitrogens is 2. The van der Waals surface area contributed by atoms with E-state index in [9.17, 15) is 4.79 Å². The van der Waals surface area contributed by atoms with Gasteiger partial charge in [0.2, 0.25) is 6.79 Å². The predicted octanol–water partition coefficient (Wildman–Crippen LogP) is 3.47. The molecule has 4 rings (SSSR count). The SMILES string of the molecule is O=C(/C=C/c1ccc2c(c1)OCO2)OCc1cn2cc(Cl)ccc2n1. The largest absolute Gasteiger partial charge is 0.456 e. The summed E-state index contributed by atoms with van der Waals surface area (Å²) in [5, 5.41) is 0.611. The van der Waals surface area contributed by atoms with Crippen molar-refractivity contribution in [3.63, 3.8) is 0 Å². The highest BCUT2D eigenvalue weighted by Gasteiger charge is 2.12. The predicted molar refractivity (Wildman–Crippen MR) is 91.6 cm³/mol. The Labute approximate surface area is 148 Å². The number of nitrogens with zero attached hydrogens (tertiary/aromatic N) is 2. The molecule has 0 N–H and O–H groups in total. The molecule has 1 aliphatic heterocycles. The highest BCUT2D eigenvalue weighted by atomic mass is 35.5. The molecule has 2 aromatic heterocycles. The first-order chi connectivity index (χ1) is 12.2. The van der Waals surface area contributed by atoms with Gasteiger partial charge in [-0.25, -0.2) is 9.78 Å². The van der Waals surface area contributed by atoms with Crippen LogP contribution in [0.15, 0.2) is 48.8 Å². The fraction of sp³-hybridized carbons (Fsp3) is 0.111. The Morgan fingerprint density at radius 1 is 1.24 bits per heavy atom. The molecule has 7 heteroatoms. The summed E-state index contributed by atoms with van der Waals surface area (Å²) in [5.74, 6) is 0.915. The topological polar surface area (TPSA) is 62.1 Å². The van der Waals surface area contributed by atoms with Gasteiger partial charge in [0.1, 0.15) is 12.3 Å². The number of esters is 1. The fourth-order valence-electron chi connectivity index (χ4n) is 2.46. The Bertz CT molecular complexity index is 980. The summed E-state index contributed by atoms with van der Waals surface area (Å²) in [4.78, 5) is 16.2. The summed E-state index contributed by atoms with van der Waals surface area (Å²) in [7, 11) is 0. The van der Waals surface area contributed by atoms with E-state index >= 15 is 0 Å². The summed E-state index contributed by atoms with van der Waals surface area (Å²) in [6.45, 7) is 0.304. The maximum absolute atomic E-state index is 11.9. The first kappa shape index (κ1) is 15.5. The molecule has 3 heterocycles. The third-order valence-corrected chi connectivity index (χ3v) is 3.86. The third kappa shape index (κ3) is 3.44. The number of pyridine rings is 1. The zero-order chi connectivity index (χ0) is 17.2. The Morgan fingerprint density at radius 2 is 2.12 bits per heavy atom. The number of carbonyl (C=O) groups is 1. The Morgan fingerprint density at radius 3 is 3.04 bits per heavy atom. The normalized spacial score (nSPS) is 12.8. The second kappa shape index (κ2) is 6.49. The van der Waals surface area contributed by atoms with Crippen molar-refractivity contribution in [3.05, 3.63) is 65.1 Å². The molecule has 0 spiro atoms. The van der Waals surface area contributed by atoms with Gasteiger partial charge in [-0.05, 0) is 35.9 Å². The van der Waals surface area contributed by atoms with Crippen molar-refractivity contribution in [2.24, 2.45) is 0 Å². The lowest BCUT2D eigenvalue weighted by atomic mass is 10.2. The van der Waals surface area contributed by atoms with Gasteiger partial charge in [-0.2, -0.15) is 0 Å². The van der Waals surface area contributed by atoms with E-state index in [0.717, 1.165) is 11.2 Å². The van der Waals surface area contributed by atoms with Crippen molar-refractivity contribution in [1.82, 2.24) is 9.38 Å². The van der Waals surface area contributed by atoms with Gasteiger partial charge in [0.25, 0.3) is 0 Å². The molecule has 6 nitrogen and oxygen atoms in total. The smallest absolute Gasteiger partial charge is 0.331 e. The van der Waals surface area contributed by atoms with E-state index in [-0.39, 0.29) is 13.4 Å². The van der Waals surface area contributed by atoms with Crippen LogP contribution in [0.2, 0.25) is 5.02 Å². The maximum atomic E-state index is 11.9. The van der Waals surface area contributed by atoms with Gasteiger partial charge in [0, 0.05) is 18.5 Å². The molecule has 0 aliphatic carbocycles. The molecule has 0 saturated carbocycles. The van der Waals surface area contributed by atoms with E-state index in [1.54, 1.807) is 47.1 Å². The quantitative estimate of drug-likeness (QED) is 0.529. The molecule has 0 unspecified atom stereocenters. The summed E-state index contributed by atoms with van der Waals surface area (Å²) in [6.07, 6.45) is 6.54. The van der Waals surface area contributed by atoms with Crippen LogP contribution in [-0.4, -0.2) is 22.1 Å². The van der Waals surface area contributed by atoms with Crippen molar-refractivity contribution >= 4 is 29.3 Å². The minimum atomic E-state index is -0.451. The van der Waals surface area contributed by atoms with Crippen LogP contribution in [0.5, 0.6) is 11.5 Å². The van der Waals surface area contributed by atoms with Crippen molar-refractivity contribution in [1.29, 1.82) is 0 Å². The van der Waals surface area contributed by atoms with Crippen LogP contribution in [0.1, 0.15) is 11.3 Å². The number of carbonyl (C=O) groups excluding carboxylic acids is 1. The molecular formula is C18H13ClN2O4. The van der Waals surface area contributed by atoms with Crippen LogP contribution in [-0.2, 0) is 16.1 Å². The van der Waals surface area contributed by atoms with Gasteiger partial charge in [-0.15, -0.1) is 0 Å². The molecule has 25 heavy (non-hydrogen) atoms. The van der Waals surface area contributed by atoms with Crippen LogP contribution in [0.4, 0.5) is 0 Å². The molecule has 0 atom stereocenters. The van der Waals surface area contributed by atoms with Crippen molar-refractivity contribution in [3.8, 4) is 11.5 Å². The van der Waals surface area contributed by atoms with Gasteiger partial charge in [-0.3, -0.25) is 0 Å². The van der Waals surface area contributed by atoms with Gasteiger partial charge < -0.3 is 18.6 Å². The fourth-order valence-corrected chi connectivity index (χ4v) is 2.63. The molecule has 126 valence electrons. The molecule has 0 amide bonds. The lowest BCUT2D eigenvalue weighted by Gasteiger charge is -1.99. The van der Waals surface area contributed by atoms with Crippen LogP contribution >= 0.6 is 11.6 Å². The summed E-state index contributed by atoms with van der Waals surface area (Å²) in [5.41, 5.74) is 2.21. The Balaban J connectivity index is 1.38. The summed E-state index contributed by atoms with van der Waals surface area (Å²) in [6, 6.07) is 9.00. The number of hydrogen-bond acceptors (Lipinski definition) is 5. The van der Waals surface area contributed by atoms with Gasteiger partial charge in [0.05, 0.1) is 10.7 Å². The van der Waals surface area contributed by atoms with E-state index in [4.69, 9.17) is 25.8 Å². The number of rotatable bonds is 4. The van der Waals surface area contributed by atoms with Gasteiger partial charge in [-0.1, -0.05) is 17.7 Å². The standard InChI is InChI=1S/C18H13ClN2O4/c19-13-3-5-17-20-14(9-21(17)8-13)10-23-18(22)6-2-12-1-4-15-16(7-12)25-11-24-15/h1-9H,10-11H2/b6-2+. The number of benzene rings is 1. The Hall–Kier alpha value is -2.99. The second-order valence-electron chi connectivity index (χ2n) is 5.40. The summed E-state index contributed by atoms with van der Waals surface area (Å²) >= 11 is 5.93. The molecule has 0 bridgehead atoms. The molecule has 3 aromatic rings. The van der Waals surface area contributed by atoms with Crippen LogP contribution in [0.3, 0.4) is 0 Å². The van der Waals surface area contributed by atoms with Crippen LogP contribution < -0.4 is 9.47 Å². The van der Waals surface area contributed by atoms with E-state index < -0.39 is 5.97 Å². The van der Waals surface area contributed by atoms with Crippen molar-refractivity contribution < 1.29 is 19.0 Å². The first-order valence-electron chi connectivity index (χ1n) is 7.55. The third-order valence-electron chi connectivity index (χ3n) is 3.64. The minimum Gasteiger partial charge on any atom is -0.456 e. The second-order valence-corrected chi connectivity index (χ2v) is 5.84. The molecule has 0 radical (unpaired) electrons. The summed E-state index contributed by atoms with van der Waals surface area (Å²) < 4.78 is 17.5. The average Bonchev–Trinajstić information content (AvgIpc) is 3.23. The van der Waals surface area contributed by atoms with Crippen LogP contribution in [0.25, 0.3) is 11.7 Å². The number of imidazole rings is 1. The number of fused-ring (bicyclic) bond motifs is 2. The number of ether oxygens (including phenoxy) is 3. The van der Waals surface area contributed by atoms with Crippen molar-refractivity contribution in [2.75, 3.05) is 6.79 Å².